The molecule has 0 rings (SSSR count). The summed E-state index contributed by atoms with van der Waals surface area (Å²) in [6, 6.07) is 0. The summed E-state index contributed by atoms with van der Waals surface area (Å²) >= 11 is 0. The smallest absolute Gasteiger partial charge is 0.285 e. The van der Waals surface area contributed by atoms with Crippen LogP contribution in [0.1, 0.15) is 162 Å². The summed E-state index contributed by atoms with van der Waals surface area (Å²) in [4.78, 5) is 0. The molecule has 0 aromatic carbocycles. The summed E-state index contributed by atoms with van der Waals surface area (Å²) in [6.07, 6.45) is 31.3. The van der Waals surface area contributed by atoms with Crippen LogP contribution in [0.3, 0.4) is 0 Å². The largest absolute Gasteiger partial charge is 0.331 e. The van der Waals surface area contributed by atoms with E-state index in [-0.39, 0.29) is 0 Å². The van der Waals surface area contributed by atoms with Crippen molar-refractivity contribution in [3.8, 4) is 0 Å². The van der Waals surface area contributed by atoms with Crippen LogP contribution in [0.15, 0.2) is 0 Å². The summed E-state index contributed by atoms with van der Waals surface area (Å²) in [5.74, 6) is -0.564. The van der Waals surface area contributed by atoms with Crippen LogP contribution in [-0.4, -0.2) is 27.3 Å². The molecule has 0 bridgehead atoms. The quantitative estimate of drug-likeness (QED) is 0.0882. The molecule has 0 aromatic heterocycles. The van der Waals surface area contributed by atoms with Gasteiger partial charge in [0.15, 0.2) is 0 Å². The van der Waals surface area contributed by atoms with Gasteiger partial charge in [-0.05, 0) is 12.8 Å². The Bertz CT molecular complexity index is 359. The van der Waals surface area contributed by atoms with Crippen molar-refractivity contribution in [1.82, 2.24) is 0 Å². The van der Waals surface area contributed by atoms with Gasteiger partial charge in [-0.25, -0.2) is 0 Å². The molecule has 0 fully saturated rings. The summed E-state index contributed by atoms with van der Waals surface area (Å²) in [5.41, 5.74) is 0. The van der Waals surface area contributed by atoms with Gasteiger partial charge < -0.3 is 14.2 Å². The molecular weight excluding hydrogens is 408 g/mol. The Morgan fingerprint density at radius 1 is 0.394 bits per heavy atom. The first-order valence-electron chi connectivity index (χ1n) is 14.9. The zero-order valence-corrected chi connectivity index (χ0v) is 23.6. The minimum Gasteiger partial charge on any atom is -0.331 e. The second-order valence-corrected chi connectivity index (χ2v) is 10.2. The molecule has 0 aromatic rings. The predicted molar refractivity (Wildman–Crippen MR) is 145 cm³/mol. The first kappa shape index (κ1) is 32.9. The van der Waals surface area contributed by atoms with Gasteiger partial charge in [-0.15, -0.1) is 0 Å². The van der Waals surface area contributed by atoms with Crippen LogP contribution in [0.2, 0.25) is 0 Å². The summed E-state index contributed by atoms with van der Waals surface area (Å²) in [7, 11) is 5.14. The van der Waals surface area contributed by atoms with Gasteiger partial charge in [0.1, 0.15) is 0 Å². The topological polar surface area (TPSA) is 27.7 Å². The van der Waals surface area contributed by atoms with Gasteiger partial charge in [-0.1, -0.05) is 149 Å². The van der Waals surface area contributed by atoms with E-state index in [1.807, 2.05) is 0 Å². The standard InChI is InChI=1S/C30H62O3/c1-6-8-10-12-13-14-15-16-17-18-19-20-21-22-24-26-28-29(27-25-23-11-9-7-2)30(31-3,32-4)33-5/h29H,6-28H2,1-5H3. The number of hydrogen-bond donors (Lipinski definition) is 0. The molecule has 0 radical (unpaired) electrons. The third kappa shape index (κ3) is 17.9. The van der Waals surface area contributed by atoms with Gasteiger partial charge in [0.05, 0.1) is 0 Å². The minimum absolute atomic E-state index is 0.311. The lowest BCUT2D eigenvalue weighted by atomic mass is 9.91. The van der Waals surface area contributed by atoms with Gasteiger partial charge in [0.2, 0.25) is 0 Å². The fourth-order valence-corrected chi connectivity index (χ4v) is 5.18. The fourth-order valence-electron chi connectivity index (χ4n) is 5.18. The highest BCUT2D eigenvalue weighted by atomic mass is 16.9. The first-order valence-corrected chi connectivity index (χ1v) is 14.9. The van der Waals surface area contributed by atoms with E-state index in [1.54, 1.807) is 21.3 Å². The minimum atomic E-state index is -0.875. The molecule has 200 valence electrons. The van der Waals surface area contributed by atoms with Crippen LogP contribution < -0.4 is 0 Å². The summed E-state index contributed by atoms with van der Waals surface area (Å²) < 4.78 is 17.1. The van der Waals surface area contributed by atoms with Crippen molar-refractivity contribution in [2.75, 3.05) is 21.3 Å². The first-order chi connectivity index (χ1) is 16.2. The van der Waals surface area contributed by atoms with Gasteiger partial charge in [-0.2, -0.15) is 0 Å². The third-order valence-electron chi connectivity index (χ3n) is 7.42. The lowest BCUT2D eigenvalue weighted by molar-refractivity contribution is -0.380. The summed E-state index contributed by atoms with van der Waals surface area (Å²) in [6.45, 7) is 4.56. The maximum Gasteiger partial charge on any atom is 0.285 e. The molecule has 0 aliphatic carbocycles. The average Bonchev–Trinajstić information content (AvgIpc) is 2.84. The van der Waals surface area contributed by atoms with E-state index >= 15 is 0 Å². The maximum absolute atomic E-state index is 5.71. The molecule has 1 unspecified atom stereocenters. The highest BCUT2D eigenvalue weighted by molar-refractivity contribution is 4.72. The summed E-state index contributed by atoms with van der Waals surface area (Å²) in [5, 5.41) is 0. The van der Waals surface area contributed by atoms with Gasteiger partial charge in [-0.3, -0.25) is 0 Å². The number of rotatable bonds is 27. The number of unbranched alkanes of at least 4 members (excludes halogenated alkanes) is 19. The van der Waals surface area contributed by atoms with Crippen LogP contribution >= 0.6 is 0 Å². The third-order valence-corrected chi connectivity index (χ3v) is 7.42. The van der Waals surface area contributed by atoms with Crippen molar-refractivity contribution >= 4 is 0 Å². The van der Waals surface area contributed by atoms with Crippen molar-refractivity contribution in [1.29, 1.82) is 0 Å². The highest BCUT2D eigenvalue weighted by Gasteiger charge is 2.39. The number of methoxy groups -OCH3 is 3. The molecule has 3 heteroatoms. The van der Waals surface area contributed by atoms with E-state index in [1.165, 1.54) is 135 Å². The molecule has 0 amide bonds. The molecule has 0 N–H and O–H groups in total. The zero-order chi connectivity index (χ0) is 24.5. The second-order valence-electron chi connectivity index (χ2n) is 10.2. The Morgan fingerprint density at radius 3 is 0.879 bits per heavy atom. The van der Waals surface area contributed by atoms with E-state index in [4.69, 9.17) is 14.2 Å². The van der Waals surface area contributed by atoms with Crippen LogP contribution in [-0.2, 0) is 14.2 Å². The predicted octanol–water partition coefficient (Wildman–Crippen LogP) is 10.2. The van der Waals surface area contributed by atoms with Crippen LogP contribution in [0.25, 0.3) is 0 Å². The van der Waals surface area contributed by atoms with E-state index in [0.717, 1.165) is 12.8 Å². The molecule has 33 heavy (non-hydrogen) atoms. The maximum atomic E-state index is 5.71. The van der Waals surface area contributed by atoms with Crippen LogP contribution in [0.5, 0.6) is 0 Å². The second kappa shape index (κ2) is 25.0. The Labute approximate surface area is 209 Å². The van der Waals surface area contributed by atoms with Crippen molar-refractivity contribution in [2.24, 2.45) is 5.92 Å². The number of hydrogen-bond acceptors (Lipinski definition) is 3. The number of ether oxygens (including phenoxy) is 3. The average molecular weight is 471 g/mol. The van der Waals surface area contributed by atoms with Crippen LogP contribution in [0, 0.1) is 5.92 Å². The van der Waals surface area contributed by atoms with Crippen molar-refractivity contribution < 1.29 is 14.2 Å². The van der Waals surface area contributed by atoms with Gasteiger partial charge in [0, 0.05) is 27.2 Å². The molecule has 0 spiro atoms. The molecule has 0 heterocycles. The monoisotopic (exact) mass is 470 g/mol. The Kier molecular flexibility index (Phi) is 24.9. The molecule has 3 nitrogen and oxygen atoms in total. The molecular formula is C30H62O3. The lowest BCUT2D eigenvalue weighted by Crippen LogP contribution is -2.44. The Balaban J connectivity index is 3.80. The Hall–Kier alpha value is -0.120. The lowest BCUT2D eigenvalue weighted by Gasteiger charge is -2.36. The highest BCUT2D eigenvalue weighted by Crippen LogP contribution is 2.33. The van der Waals surface area contributed by atoms with Crippen molar-refractivity contribution in [2.45, 2.75) is 167 Å². The molecule has 1 atom stereocenters. The van der Waals surface area contributed by atoms with Crippen molar-refractivity contribution in [3.63, 3.8) is 0 Å². The van der Waals surface area contributed by atoms with E-state index < -0.39 is 5.97 Å². The van der Waals surface area contributed by atoms with Crippen LogP contribution in [0.4, 0.5) is 0 Å². The van der Waals surface area contributed by atoms with E-state index in [9.17, 15) is 0 Å². The van der Waals surface area contributed by atoms with E-state index in [0.29, 0.717) is 5.92 Å². The fraction of sp³-hybridized carbons (Fsp3) is 1.00. The molecule has 0 aliphatic rings. The van der Waals surface area contributed by atoms with Gasteiger partial charge in [0.25, 0.3) is 5.97 Å². The normalized spacial score (nSPS) is 13.0. The zero-order valence-electron chi connectivity index (χ0n) is 23.6. The molecule has 0 saturated carbocycles. The Morgan fingerprint density at radius 2 is 0.636 bits per heavy atom. The van der Waals surface area contributed by atoms with Crippen molar-refractivity contribution in [3.05, 3.63) is 0 Å². The molecule has 0 saturated heterocycles. The SMILES string of the molecule is CCCCCCCCCCCCCCCCCCC(CCCCCCC)C(OC)(OC)OC. The molecule has 0 aliphatic heterocycles. The van der Waals surface area contributed by atoms with E-state index in [2.05, 4.69) is 13.8 Å². The van der Waals surface area contributed by atoms with Gasteiger partial charge >= 0.3 is 0 Å².